The molecule has 11 nitrogen and oxygen atoms in total. The summed E-state index contributed by atoms with van der Waals surface area (Å²) in [7, 11) is 3.19. The zero-order valence-electron chi connectivity index (χ0n) is 27.2. The first kappa shape index (κ1) is 32.8. The van der Waals surface area contributed by atoms with E-state index in [9.17, 15) is 9.90 Å². The Bertz CT molecular complexity index is 2010. The Kier molecular flexibility index (Phi) is 9.22. The summed E-state index contributed by atoms with van der Waals surface area (Å²) < 4.78 is 41.3. The second-order valence-corrected chi connectivity index (χ2v) is 11.7. The molecule has 4 aromatic carbocycles. The average Bonchev–Trinajstić information content (AvgIpc) is 3.73. The molecule has 1 fully saturated rings. The van der Waals surface area contributed by atoms with E-state index in [4.69, 9.17) is 18.9 Å². The number of benzene rings is 4. The highest BCUT2D eigenvalue weighted by Gasteiger charge is 2.48. The number of ether oxygens (including phenoxy) is 4. The molecular weight excluding hydrogens is 641 g/mol. The Morgan fingerprint density at radius 3 is 2.02 bits per heavy atom. The fourth-order valence-electron chi connectivity index (χ4n) is 6.25. The van der Waals surface area contributed by atoms with Crippen LogP contribution < -0.4 is 14.8 Å². The van der Waals surface area contributed by atoms with E-state index in [1.54, 1.807) is 38.5 Å². The van der Waals surface area contributed by atoms with E-state index in [0.717, 1.165) is 16.7 Å². The highest BCUT2D eigenvalue weighted by Crippen LogP contribution is 2.43. The van der Waals surface area contributed by atoms with E-state index < -0.39 is 30.2 Å². The number of hydrogen-bond donors (Lipinski definition) is 2. The standard InChI is InChI=1S/C38H34FN5O6/c1-47-28-17-13-26(14-18-28)38(25-11-7-4-8-12-25,27-15-19-29(48-2)20-16-27)49-21-30-33(45)31(39)37(50-30)44-23-42-32-34(40-22-41-35(32)44)43-36(46)24-9-5-3-6-10-24/h3-20,22-23,30-31,33,37,45H,21H2,1-2H3,(H,40,41,43,46)/t30-,31+,33+,37+/m0/s1. The van der Waals surface area contributed by atoms with Crippen LogP contribution in [0.15, 0.2) is 122 Å². The van der Waals surface area contributed by atoms with Crippen LogP contribution >= 0.6 is 0 Å². The van der Waals surface area contributed by atoms with Crippen molar-refractivity contribution in [2.24, 2.45) is 0 Å². The topological polar surface area (TPSA) is 130 Å². The summed E-state index contributed by atoms with van der Waals surface area (Å²) in [4.78, 5) is 25.7. The molecule has 1 saturated heterocycles. The van der Waals surface area contributed by atoms with Gasteiger partial charge >= 0.3 is 0 Å². The van der Waals surface area contributed by atoms with E-state index in [1.807, 2.05) is 84.9 Å². The summed E-state index contributed by atoms with van der Waals surface area (Å²) in [5, 5.41) is 14.0. The quantitative estimate of drug-likeness (QED) is 0.166. The lowest BCUT2D eigenvalue weighted by Crippen LogP contribution is -2.39. The molecular formula is C38H34FN5O6. The van der Waals surface area contributed by atoms with E-state index in [0.29, 0.717) is 17.1 Å². The van der Waals surface area contributed by atoms with Gasteiger partial charge in [-0.05, 0) is 53.1 Å². The number of anilines is 1. The van der Waals surface area contributed by atoms with E-state index >= 15 is 4.39 Å². The predicted molar refractivity (Wildman–Crippen MR) is 183 cm³/mol. The SMILES string of the molecule is COc1ccc(C(OC[C@@H]2O[C@@H](n3cnc4c(NC(=O)c5ccccc5)ncnc43)[C@H](F)[C@@H]2O)(c2ccccc2)c2ccc(OC)cc2)cc1. The molecule has 254 valence electrons. The fourth-order valence-corrected chi connectivity index (χ4v) is 6.25. The van der Waals surface area contributed by atoms with Gasteiger partial charge in [-0.3, -0.25) is 9.36 Å². The lowest BCUT2D eigenvalue weighted by molar-refractivity contribution is -0.0935. The van der Waals surface area contributed by atoms with E-state index in [2.05, 4.69) is 20.3 Å². The van der Waals surface area contributed by atoms with Crippen molar-refractivity contribution in [3.63, 3.8) is 0 Å². The van der Waals surface area contributed by atoms with Crippen LogP contribution in [0.3, 0.4) is 0 Å². The van der Waals surface area contributed by atoms with E-state index in [1.165, 1.54) is 17.2 Å². The Labute approximate surface area is 287 Å². The van der Waals surface area contributed by atoms with Crippen molar-refractivity contribution in [1.29, 1.82) is 0 Å². The van der Waals surface area contributed by atoms with Crippen LogP contribution in [0.5, 0.6) is 11.5 Å². The number of aromatic nitrogens is 4. The molecule has 0 spiro atoms. The number of nitrogens with one attached hydrogen (secondary N) is 1. The molecule has 0 bridgehead atoms. The fraction of sp³-hybridized carbons (Fsp3) is 0.211. The van der Waals surface area contributed by atoms with Gasteiger partial charge in [0.25, 0.3) is 5.91 Å². The summed E-state index contributed by atoms with van der Waals surface area (Å²) in [6.07, 6.45) is -3.16. The number of alkyl halides is 1. The number of carbonyl (C=O) groups excluding carboxylic acids is 1. The van der Waals surface area contributed by atoms with Crippen molar-refractivity contribution >= 4 is 22.9 Å². The third-order valence-electron chi connectivity index (χ3n) is 8.83. The maximum Gasteiger partial charge on any atom is 0.256 e. The minimum absolute atomic E-state index is 0.156. The van der Waals surface area contributed by atoms with E-state index in [-0.39, 0.29) is 29.5 Å². The third-order valence-corrected chi connectivity index (χ3v) is 8.83. The number of amides is 1. The van der Waals surface area contributed by atoms with Gasteiger partial charge in [-0.25, -0.2) is 19.3 Å². The van der Waals surface area contributed by atoms with Crippen molar-refractivity contribution in [3.8, 4) is 11.5 Å². The molecule has 4 atom stereocenters. The molecule has 2 N–H and O–H groups in total. The van der Waals surface area contributed by atoms with Crippen LogP contribution in [0.1, 0.15) is 33.3 Å². The number of fused-ring (bicyclic) bond motifs is 1. The lowest BCUT2D eigenvalue weighted by Gasteiger charge is -2.37. The number of aliphatic hydroxyl groups excluding tert-OH is 1. The summed E-state index contributed by atoms with van der Waals surface area (Å²) >= 11 is 0. The summed E-state index contributed by atoms with van der Waals surface area (Å²) in [5.74, 6) is 1.11. The number of nitrogens with zero attached hydrogens (tertiary/aromatic N) is 4. The predicted octanol–water partition coefficient (Wildman–Crippen LogP) is 5.70. The average molecular weight is 676 g/mol. The van der Waals surface area contributed by atoms with Crippen molar-refractivity contribution in [2.75, 3.05) is 26.1 Å². The maximum absolute atomic E-state index is 16.0. The smallest absolute Gasteiger partial charge is 0.256 e. The molecule has 0 aliphatic carbocycles. The van der Waals surface area contributed by atoms with Crippen molar-refractivity contribution < 1.29 is 33.2 Å². The van der Waals surface area contributed by atoms with Gasteiger partial charge in [0.2, 0.25) is 0 Å². The van der Waals surface area contributed by atoms with Crippen molar-refractivity contribution in [1.82, 2.24) is 19.5 Å². The van der Waals surface area contributed by atoms with Crippen LogP contribution in [0, 0.1) is 0 Å². The first-order valence-corrected chi connectivity index (χ1v) is 15.9. The number of rotatable bonds is 11. The van der Waals surface area contributed by atoms with Crippen LogP contribution in [0.4, 0.5) is 10.2 Å². The van der Waals surface area contributed by atoms with Gasteiger partial charge in [-0.2, -0.15) is 0 Å². The maximum atomic E-state index is 16.0. The monoisotopic (exact) mass is 675 g/mol. The molecule has 3 heterocycles. The Hall–Kier alpha value is -5.69. The molecule has 50 heavy (non-hydrogen) atoms. The van der Waals surface area contributed by atoms with Crippen LogP contribution in [-0.4, -0.2) is 69.7 Å². The van der Waals surface area contributed by atoms with Crippen LogP contribution in [-0.2, 0) is 15.1 Å². The van der Waals surface area contributed by atoms with Gasteiger partial charge in [0.15, 0.2) is 29.4 Å². The minimum Gasteiger partial charge on any atom is -0.497 e. The number of methoxy groups -OCH3 is 2. The second kappa shape index (κ2) is 14.0. The third kappa shape index (κ3) is 6.04. The highest BCUT2D eigenvalue weighted by atomic mass is 19.1. The molecule has 2 aromatic heterocycles. The molecule has 0 unspecified atom stereocenters. The van der Waals surface area contributed by atoms with Crippen LogP contribution in [0.2, 0.25) is 0 Å². The molecule has 1 aliphatic rings. The molecule has 1 aliphatic heterocycles. The molecule has 0 saturated carbocycles. The van der Waals surface area contributed by atoms with Crippen molar-refractivity contribution in [3.05, 3.63) is 144 Å². The van der Waals surface area contributed by atoms with Gasteiger partial charge in [-0.1, -0.05) is 72.8 Å². The molecule has 6 aromatic rings. The van der Waals surface area contributed by atoms with Gasteiger partial charge in [0.05, 0.1) is 27.2 Å². The van der Waals surface area contributed by atoms with Crippen LogP contribution in [0.25, 0.3) is 11.2 Å². The molecule has 0 radical (unpaired) electrons. The second-order valence-electron chi connectivity index (χ2n) is 11.7. The zero-order chi connectivity index (χ0) is 34.7. The minimum atomic E-state index is -1.86. The number of hydrogen-bond acceptors (Lipinski definition) is 9. The van der Waals surface area contributed by atoms with Gasteiger partial charge < -0.3 is 29.4 Å². The molecule has 1 amide bonds. The largest absolute Gasteiger partial charge is 0.497 e. The highest BCUT2D eigenvalue weighted by molar-refractivity contribution is 6.06. The number of halogens is 1. The Balaban J connectivity index is 1.20. The normalized spacial score (nSPS) is 19.0. The zero-order valence-corrected chi connectivity index (χ0v) is 27.2. The lowest BCUT2D eigenvalue weighted by atomic mass is 9.80. The Morgan fingerprint density at radius 1 is 0.840 bits per heavy atom. The number of carbonyl (C=O) groups is 1. The number of imidazole rings is 1. The van der Waals surface area contributed by atoms with Gasteiger partial charge in [-0.15, -0.1) is 0 Å². The van der Waals surface area contributed by atoms with Gasteiger partial charge in [0, 0.05) is 5.56 Å². The summed E-state index contributed by atoms with van der Waals surface area (Å²) in [5.41, 5.74) is 2.05. The first-order valence-electron chi connectivity index (χ1n) is 15.9. The van der Waals surface area contributed by atoms with Gasteiger partial charge in [0.1, 0.15) is 35.6 Å². The Morgan fingerprint density at radius 2 is 1.42 bits per heavy atom. The summed E-state index contributed by atoms with van der Waals surface area (Å²) in [6, 6.07) is 33.3. The first-order chi connectivity index (χ1) is 24.4. The molecule has 12 heteroatoms. The van der Waals surface area contributed by atoms with Crippen molar-refractivity contribution in [2.45, 2.75) is 30.2 Å². The summed E-state index contributed by atoms with van der Waals surface area (Å²) in [6.45, 7) is -0.189. The number of aliphatic hydroxyl groups is 1. The molecule has 7 rings (SSSR count).